The van der Waals surface area contributed by atoms with Crippen molar-refractivity contribution in [3.05, 3.63) is 11.8 Å². The fourth-order valence-corrected chi connectivity index (χ4v) is 0.702. The van der Waals surface area contributed by atoms with E-state index in [1.165, 1.54) is 0 Å². The zero-order valence-electron chi connectivity index (χ0n) is 5.64. The highest BCUT2D eigenvalue weighted by molar-refractivity contribution is 5.76. The van der Waals surface area contributed by atoms with Crippen LogP contribution in [-0.4, -0.2) is 24.5 Å². The third kappa shape index (κ3) is 1.04. The first kappa shape index (κ1) is 6.13. The Morgan fingerprint density at radius 2 is 2.44 bits per heavy atom. The lowest BCUT2D eigenvalue weighted by atomic mass is 10.3. The van der Waals surface area contributed by atoms with Gasteiger partial charge in [-0.25, -0.2) is 4.79 Å². The molecular weight excluding hydrogens is 116 g/mol. The highest BCUT2D eigenvalue weighted by Crippen LogP contribution is 2.02. The van der Waals surface area contributed by atoms with Gasteiger partial charge in [0.1, 0.15) is 0 Å². The molecule has 0 aromatic carbocycles. The zero-order valence-corrected chi connectivity index (χ0v) is 5.64. The molecule has 0 unspecified atom stereocenters. The number of allylic oxidation sites excluding steroid dienone is 1. The van der Waals surface area contributed by atoms with Crippen molar-refractivity contribution >= 4 is 6.03 Å². The molecule has 0 saturated carbocycles. The molecule has 0 radical (unpaired) electrons. The van der Waals surface area contributed by atoms with E-state index in [1.807, 2.05) is 13.0 Å². The molecule has 0 saturated heterocycles. The van der Waals surface area contributed by atoms with Crippen molar-refractivity contribution < 1.29 is 4.79 Å². The van der Waals surface area contributed by atoms with Crippen LogP contribution in [0.2, 0.25) is 0 Å². The molecule has 50 valence electrons. The number of amides is 2. The van der Waals surface area contributed by atoms with Crippen LogP contribution >= 0.6 is 0 Å². The van der Waals surface area contributed by atoms with Crippen molar-refractivity contribution in [2.45, 2.75) is 6.92 Å². The standard InChI is InChI=1S/C6H10N2O/c1-5-3-4-7-6(9)8(5)2/h3H,4H2,1-2H3,(H,7,9). The largest absolute Gasteiger partial charge is 0.334 e. The molecule has 0 bridgehead atoms. The summed E-state index contributed by atoms with van der Waals surface area (Å²) in [4.78, 5) is 12.4. The minimum Gasteiger partial charge on any atom is -0.334 e. The summed E-state index contributed by atoms with van der Waals surface area (Å²) in [6.45, 7) is 2.58. The summed E-state index contributed by atoms with van der Waals surface area (Å²) in [5.74, 6) is 0. The molecule has 1 N–H and O–H groups in total. The van der Waals surface area contributed by atoms with E-state index in [4.69, 9.17) is 0 Å². The predicted octanol–water partition coefficient (Wildman–Crippen LogP) is 0.545. The lowest BCUT2D eigenvalue weighted by Gasteiger charge is -2.22. The Morgan fingerprint density at radius 1 is 1.78 bits per heavy atom. The number of hydrogen-bond acceptors (Lipinski definition) is 1. The molecule has 1 rings (SSSR count). The molecule has 0 aromatic heterocycles. The van der Waals surface area contributed by atoms with Crippen LogP contribution in [-0.2, 0) is 0 Å². The maximum absolute atomic E-state index is 10.8. The van der Waals surface area contributed by atoms with Crippen LogP contribution in [0.3, 0.4) is 0 Å². The van der Waals surface area contributed by atoms with Crippen LogP contribution < -0.4 is 5.32 Å². The summed E-state index contributed by atoms with van der Waals surface area (Å²) in [5.41, 5.74) is 1.01. The van der Waals surface area contributed by atoms with Crippen LogP contribution in [0.1, 0.15) is 6.92 Å². The molecule has 0 spiro atoms. The van der Waals surface area contributed by atoms with Crippen LogP contribution in [0.25, 0.3) is 0 Å². The van der Waals surface area contributed by atoms with Crippen molar-refractivity contribution in [3.63, 3.8) is 0 Å². The van der Waals surface area contributed by atoms with Crippen molar-refractivity contribution in [1.82, 2.24) is 10.2 Å². The number of carbonyl (C=O) groups is 1. The first-order valence-corrected chi connectivity index (χ1v) is 2.90. The van der Waals surface area contributed by atoms with E-state index in [2.05, 4.69) is 5.32 Å². The van der Waals surface area contributed by atoms with E-state index < -0.39 is 0 Å². The van der Waals surface area contributed by atoms with Crippen LogP contribution in [0.4, 0.5) is 4.79 Å². The van der Waals surface area contributed by atoms with E-state index in [9.17, 15) is 4.79 Å². The van der Waals surface area contributed by atoms with Gasteiger partial charge in [-0.15, -0.1) is 0 Å². The van der Waals surface area contributed by atoms with Crippen molar-refractivity contribution in [3.8, 4) is 0 Å². The third-order valence-corrected chi connectivity index (χ3v) is 1.48. The van der Waals surface area contributed by atoms with Gasteiger partial charge in [0.25, 0.3) is 0 Å². The summed E-state index contributed by atoms with van der Waals surface area (Å²) >= 11 is 0. The van der Waals surface area contributed by atoms with Crippen LogP contribution in [0.5, 0.6) is 0 Å². The average Bonchev–Trinajstić information content (AvgIpc) is 1.83. The Labute approximate surface area is 54.3 Å². The number of urea groups is 1. The first-order chi connectivity index (χ1) is 4.22. The summed E-state index contributed by atoms with van der Waals surface area (Å²) in [5, 5.41) is 2.67. The topological polar surface area (TPSA) is 32.3 Å². The number of nitrogens with one attached hydrogen (secondary N) is 1. The normalized spacial score (nSPS) is 19.1. The fourth-order valence-electron chi connectivity index (χ4n) is 0.702. The molecule has 0 fully saturated rings. The van der Waals surface area contributed by atoms with Crippen molar-refractivity contribution in [1.29, 1.82) is 0 Å². The smallest absolute Gasteiger partial charge is 0.321 e. The molecule has 1 aliphatic heterocycles. The molecule has 1 aliphatic rings. The highest BCUT2D eigenvalue weighted by atomic mass is 16.2. The van der Waals surface area contributed by atoms with Gasteiger partial charge < -0.3 is 10.2 Å². The highest BCUT2D eigenvalue weighted by Gasteiger charge is 2.11. The second kappa shape index (κ2) is 2.09. The van der Waals surface area contributed by atoms with E-state index in [0.717, 1.165) is 5.70 Å². The minimum atomic E-state index is -0.0185. The zero-order chi connectivity index (χ0) is 6.85. The van der Waals surface area contributed by atoms with Gasteiger partial charge in [0.15, 0.2) is 0 Å². The molecule has 9 heavy (non-hydrogen) atoms. The molecule has 3 heteroatoms. The second-order valence-electron chi connectivity index (χ2n) is 2.09. The molecule has 1 heterocycles. The SMILES string of the molecule is CC1=CCNC(=O)N1C. The van der Waals surface area contributed by atoms with E-state index in [-0.39, 0.29) is 6.03 Å². The molecular formula is C6H10N2O. The summed E-state index contributed by atoms with van der Waals surface area (Å²) in [6.07, 6.45) is 1.97. The Balaban J connectivity index is 2.74. The number of hydrogen-bond donors (Lipinski definition) is 1. The quantitative estimate of drug-likeness (QED) is 0.505. The Morgan fingerprint density at radius 3 is 2.89 bits per heavy atom. The molecule has 0 aliphatic carbocycles. The van der Waals surface area contributed by atoms with Crippen LogP contribution in [0, 0.1) is 0 Å². The van der Waals surface area contributed by atoms with Gasteiger partial charge in [0.2, 0.25) is 0 Å². The number of carbonyl (C=O) groups excluding carboxylic acids is 1. The maximum atomic E-state index is 10.8. The third-order valence-electron chi connectivity index (χ3n) is 1.48. The summed E-state index contributed by atoms with van der Waals surface area (Å²) in [7, 11) is 1.75. The van der Waals surface area contributed by atoms with Crippen LogP contribution in [0.15, 0.2) is 11.8 Å². The predicted molar refractivity (Wildman–Crippen MR) is 34.9 cm³/mol. The Bertz CT molecular complexity index is 162. The van der Waals surface area contributed by atoms with Gasteiger partial charge >= 0.3 is 6.03 Å². The second-order valence-corrected chi connectivity index (χ2v) is 2.09. The van der Waals surface area contributed by atoms with Gasteiger partial charge in [-0.1, -0.05) is 0 Å². The maximum Gasteiger partial charge on any atom is 0.321 e. The van der Waals surface area contributed by atoms with Gasteiger partial charge in [-0.3, -0.25) is 0 Å². The Kier molecular flexibility index (Phi) is 1.42. The molecule has 2 amide bonds. The van der Waals surface area contributed by atoms with E-state index in [0.29, 0.717) is 6.54 Å². The summed E-state index contributed by atoms with van der Waals surface area (Å²) < 4.78 is 0. The van der Waals surface area contributed by atoms with E-state index in [1.54, 1.807) is 11.9 Å². The lowest BCUT2D eigenvalue weighted by molar-refractivity contribution is 0.217. The molecule has 3 nitrogen and oxygen atoms in total. The fraction of sp³-hybridized carbons (Fsp3) is 0.500. The number of nitrogens with zero attached hydrogens (tertiary/aromatic N) is 1. The minimum absolute atomic E-state index is 0.0185. The lowest BCUT2D eigenvalue weighted by Crippen LogP contribution is -2.39. The first-order valence-electron chi connectivity index (χ1n) is 2.90. The van der Waals surface area contributed by atoms with Gasteiger partial charge in [-0.2, -0.15) is 0 Å². The van der Waals surface area contributed by atoms with Gasteiger partial charge in [0, 0.05) is 19.3 Å². The molecule has 0 atom stereocenters. The van der Waals surface area contributed by atoms with Gasteiger partial charge in [-0.05, 0) is 13.0 Å². The summed E-state index contributed by atoms with van der Waals surface area (Å²) in [6, 6.07) is -0.0185. The van der Waals surface area contributed by atoms with E-state index >= 15 is 0 Å². The van der Waals surface area contributed by atoms with Crippen molar-refractivity contribution in [2.24, 2.45) is 0 Å². The molecule has 0 aromatic rings. The number of rotatable bonds is 0. The average molecular weight is 126 g/mol. The van der Waals surface area contributed by atoms with Crippen molar-refractivity contribution in [2.75, 3.05) is 13.6 Å². The van der Waals surface area contributed by atoms with Gasteiger partial charge in [0.05, 0.1) is 0 Å². The Hall–Kier alpha value is -0.990. The monoisotopic (exact) mass is 126 g/mol.